The summed E-state index contributed by atoms with van der Waals surface area (Å²) < 4.78 is 7.89. The average molecular weight is 419 g/mol. The quantitative estimate of drug-likeness (QED) is 0.507. The van der Waals surface area contributed by atoms with Crippen molar-refractivity contribution in [2.45, 2.75) is 58.2 Å². The SMILES string of the molecule is CCc1nncn1CCNC(=NCC1CCCCO1)NC(C)c1ccccc1Cl. The Morgan fingerprint density at radius 1 is 1.38 bits per heavy atom. The van der Waals surface area contributed by atoms with E-state index in [2.05, 4.69) is 39.2 Å². The molecular weight excluding hydrogens is 388 g/mol. The molecule has 0 aliphatic carbocycles. The molecule has 3 rings (SSSR count). The largest absolute Gasteiger partial charge is 0.376 e. The Hall–Kier alpha value is -2.12. The summed E-state index contributed by atoms with van der Waals surface area (Å²) in [5.74, 6) is 1.75. The van der Waals surface area contributed by atoms with Crippen molar-refractivity contribution in [2.24, 2.45) is 4.99 Å². The van der Waals surface area contributed by atoms with Gasteiger partial charge in [-0.3, -0.25) is 4.99 Å². The Labute approximate surface area is 177 Å². The van der Waals surface area contributed by atoms with E-state index < -0.39 is 0 Å². The Balaban J connectivity index is 1.62. The Morgan fingerprint density at radius 3 is 3.00 bits per heavy atom. The minimum absolute atomic E-state index is 0.0309. The van der Waals surface area contributed by atoms with E-state index in [1.165, 1.54) is 6.42 Å². The van der Waals surface area contributed by atoms with Gasteiger partial charge in [0, 0.05) is 31.1 Å². The molecule has 0 amide bonds. The monoisotopic (exact) mass is 418 g/mol. The number of aromatic nitrogens is 3. The highest BCUT2D eigenvalue weighted by Crippen LogP contribution is 2.22. The van der Waals surface area contributed by atoms with E-state index in [-0.39, 0.29) is 12.1 Å². The van der Waals surface area contributed by atoms with E-state index in [4.69, 9.17) is 21.3 Å². The first kappa shape index (κ1) is 21.6. The number of hydrogen-bond acceptors (Lipinski definition) is 4. The van der Waals surface area contributed by atoms with Crippen LogP contribution < -0.4 is 10.6 Å². The van der Waals surface area contributed by atoms with Gasteiger partial charge in [0.05, 0.1) is 18.7 Å². The van der Waals surface area contributed by atoms with Crippen molar-refractivity contribution in [3.63, 3.8) is 0 Å². The first-order chi connectivity index (χ1) is 14.2. The second-order valence-electron chi connectivity index (χ2n) is 7.29. The molecule has 29 heavy (non-hydrogen) atoms. The Morgan fingerprint density at radius 2 is 2.24 bits per heavy atom. The van der Waals surface area contributed by atoms with Crippen molar-refractivity contribution < 1.29 is 4.74 Å². The maximum absolute atomic E-state index is 6.37. The van der Waals surface area contributed by atoms with Gasteiger partial charge in [0.15, 0.2) is 5.96 Å². The van der Waals surface area contributed by atoms with E-state index >= 15 is 0 Å². The van der Waals surface area contributed by atoms with Crippen LogP contribution in [0.4, 0.5) is 0 Å². The molecule has 158 valence electrons. The van der Waals surface area contributed by atoms with Crippen molar-refractivity contribution in [1.82, 2.24) is 25.4 Å². The highest BCUT2D eigenvalue weighted by Gasteiger charge is 2.15. The van der Waals surface area contributed by atoms with Crippen LogP contribution >= 0.6 is 11.6 Å². The number of aryl methyl sites for hydroxylation is 1. The molecule has 0 saturated carbocycles. The fraction of sp³-hybridized carbons (Fsp3) is 0.571. The first-order valence-electron chi connectivity index (χ1n) is 10.4. The van der Waals surface area contributed by atoms with Gasteiger partial charge in [-0.05, 0) is 37.8 Å². The minimum atomic E-state index is 0.0309. The van der Waals surface area contributed by atoms with Gasteiger partial charge in [-0.1, -0.05) is 36.7 Å². The van der Waals surface area contributed by atoms with E-state index in [9.17, 15) is 0 Å². The van der Waals surface area contributed by atoms with Gasteiger partial charge in [0.2, 0.25) is 0 Å². The van der Waals surface area contributed by atoms with E-state index in [1.807, 2.05) is 24.3 Å². The van der Waals surface area contributed by atoms with Crippen molar-refractivity contribution in [2.75, 3.05) is 19.7 Å². The molecule has 2 unspecified atom stereocenters. The lowest BCUT2D eigenvalue weighted by atomic mass is 10.1. The lowest BCUT2D eigenvalue weighted by Gasteiger charge is -2.23. The van der Waals surface area contributed by atoms with Crippen LogP contribution in [0.2, 0.25) is 5.02 Å². The molecule has 2 aromatic rings. The summed E-state index contributed by atoms with van der Waals surface area (Å²) in [5.41, 5.74) is 1.05. The number of nitrogens with one attached hydrogen (secondary N) is 2. The molecule has 2 N–H and O–H groups in total. The second kappa shape index (κ2) is 11.2. The summed E-state index contributed by atoms with van der Waals surface area (Å²) in [6.45, 7) is 7.15. The Bertz CT molecular complexity index is 787. The molecule has 1 aliphatic rings. The first-order valence-corrected chi connectivity index (χ1v) is 10.8. The summed E-state index contributed by atoms with van der Waals surface area (Å²) >= 11 is 6.37. The molecule has 1 aliphatic heterocycles. The molecule has 1 aromatic carbocycles. The van der Waals surface area contributed by atoms with Gasteiger partial charge in [-0.25, -0.2) is 0 Å². The predicted molar refractivity (Wildman–Crippen MR) is 116 cm³/mol. The fourth-order valence-corrected chi connectivity index (χ4v) is 3.74. The van der Waals surface area contributed by atoms with Crippen LogP contribution in [-0.4, -0.2) is 46.5 Å². The molecule has 1 aromatic heterocycles. The van der Waals surface area contributed by atoms with Gasteiger partial charge in [-0.2, -0.15) is 0 Å². The van der Waals surface area contributed by atoms with E-state index in [0.717, 1.165) is 61.3 Å². The summed E-state index contributed by atoms with van der Waals surface area (Å²) in [6.07, 6.45) is 6.25. The number of rotatable bonds is 8. The smallest absolute Gasteiger partial charge is 0.191 e. The molecule has 8 heteroatoms. The number of halogens is 1. The molecule has 1 saturated heterocycles. The van der Waals surface area contributed by atoms with Crippen LogP contribution in [-0.2, 0) is 17.7 Å². The van der Waals surface area contributed by atoms with Crippen LogP contribution in [0.25, 0.3) is 0 Å². The molecule has 0 spiro atoms. The number of aliphatic imine (C=N–C) groups is 1. The molecule has 0 radical (unpaired) electrons. The van der Waals surface area contributed by atoms with Crippen LogP contribution in [0.1, 0.15) is 50.5 Å². The van der Waals surface area contributed by atoms with Crippen LogP contribution in [0.15, 0.2) is 35.6 Å². The van der Waals surface area contributed by atoms with Gasteiger partial charge in [-0.15, -0.1) is 10.2 Å². The summed E-state index contributed by atoms with van der Waals surface area (Å²) in [4.78, 5) is 4.79. The van der Waals surface area contributed by atoms with Crippen molar-refractivity contribution in [3.8, 4) is 0 Å². The van der Waals surface area contributed by atoms with Crippen molar-refractivity contribution in [3.05, 3.63) is 47.0 Å². The number of hydrogen-bond donors (Lipinski definition) is 2. The van der Waals surface area contributed by atoms with Crippen molar-refractivity contribution >= 4 is 17.6 Å². The van der Waals surface area contributed by atoms with Crippen LogP contribution in [0, 0.1) is 0 Å². The normalized spacial score (nSPS) is 18.4. The molecule has 1 fully saturated rings. The third-order valence-corrected chi connectivity index (χ3v) is 5.45. The molecule has 0 bridgehead atoms. The number of ether oxygens (including phenoxy) is 1. The van der Waals surface area contributed by atoms with E-state index in [0.29, 0.717) is 6.54 Å². The van der Waals surface area contributed by atoms with Gasteiger partial charge in [0.25, 0.3) is 0 Å². The van der Waals surface area contributed by atoms with Crippen molar-refractivity contribution in [1.29, 1.82) is 0 Å². The van der Waals surface area contributed by atoms with Gasteiger partial charge < -0.3 is 19.9 Å². The lowest BCUT2D eigenvalue weighted by Crippen LogP contribution is -2.41. The summed E-state index contributed by atoms with van der Waals surface area (Å²) in [7, 11) is 0. The average Bonchev–Trinajstić information content (AvgIpc) is 3.20. The zero-order valence-electron chi connectivity index (χ0n) is 17.3. The second-order valence-corrected chi connectivity index (χ2v) is 7.69. The standard InChI is InChI=1S/C21H31ClN6O/c1-3-20-27-25-15-28(20)12-11-23-21(24-14-17-8-6-7-13-29-17)26-16(2)18-9-4-5-10-19(18)22/h4-5,9-10,15-17H,3,6-8,11-14H2,1-2H3,(H2,23,24,26). The van der Waals surface area contributed by atoms with Crippen LogP contribution in [0.3, 0.4) is 0 Å². The summed E-state index contributed by atoms with van der Waals surface area (Å²) in [6, 6.07) is 7.91. The summed E-state index contributed by atoms with van der Waals surface area (Å²) in [5, 5.41) is 15.8. The maximum atomic E-state index is 6.37. The predicted octanol–water partition coefficient (Wildman–Crippen LogP) is 3.36. The third kappa shape index (κ3) is 6.44. The van der Waals surface area contributed by atoms with Crippen LogP contribution in [0.5, 0.6) is 0 Å². The molecule has 2 heterocycles. The topological polar surface area (TPSA) is 76.4 Å². The highest BCUT2D eigenvalue weighted by molar-refractivity contribution is 6.31. The van der Waals surface area contributed by atoms with E-state index in [1.54, 1.807) is 6.33 Å². The highest BCUT2D eigenvalue weighted by atomic mass is 35.5. The molecular formula is C21H31ClN6O. The maximum Gasteiger partial charge on any atom is 0.191 e. The zero-order valence-corrected chi connectivity index (χ0v) is 18.0. The van der Waals surface area contributed by atoms with Gasteiger partial charge in [0.1, 0.15) is 12.2 Å². The number of guanidine groups is 1. The minimum Gasteiger partial charge on any atom is -0.376 e. The van der Waals surface area contributed by atoms with Gasteiger partial charge >= 0.3 is 0 Å². The molecule has 2 atom stereocenters. The zero-order chi connectivity index (χ0) is 20.5. The number of benzene rings is 1. The third-order valence-electron chi connectivity index (χ3n) is 5.11. The molecule has 7 nitrogen and oxygen atoms in total. The lowest BCUT2D eigenvalue weighted by molar-refractivity contribution is 0.0224. The fourth-order valence-electron chi connectivity index (χ4n) is 3.44. The number of nitrogens with zero attached hydrogens (tertiary/aromatic N) is 4. The Kier molecular flexibility index (Phi) is 8.31.